The third-order valence-electron chi connectivity index (χ3n) is 2.54. The molecule has 0 atom stereocenters. The Hall–Kier alpha value is -1.27. The summed E-state index contributed by atoms with van der Waals surface area (Å²) in [5.41, 5.74) is 0. The van der Waals surface area contributed by atoms with E-state index in [0.29, 0.717) is 11.3 Å². The average molecular weight is 282 g/mol. The molecule has 19 heavy (non-hydrogen) atoms. The maximum atomic E-state index is 12.4. The van der Waals surface area contributed by atoms with E-state index < -0.39 is 31.1 Å². The third kappa shape index (κ3) is 8.45. The minimum absolute atomic E-state index is 0.0463. The van der Waals surface area contributed by atoms with E-state index in [1.807, 2.05) is 6.92 Å². The fourth-order valence-electron chi connectivity index (χ4n) is 1.44. The molecule has 0 aromatic heterocycles. The minimum Gasteiger partial charge on any atom is -0.347 e. The van der Waals surface area contributed by atoms with Crippen LogP contribution in [0.3, 0.4) is 0 Å². The molecule has 0 rings (SSSR count). The highest BCUT2D eigenvalue weighted by atomic mass is 19.4. The van der Waals surface area contributed by atoms with Crippen LogP contribution < -0.4 is 0 Å². The van der Waals surface area contributed by atoms with Crippen LogP contribution >= 0.6 is 0 Å². The zero-order valence-electron chi connectivity index (χ0n) is 11.6. The number of carbonyl (C=O) groups is 2. The van der Waals surface area contributed by atoms with Crippen molar-refractivity contribution in [1.29, 1.82) is 0 Å². The number of hydrogen-bond donors (Lipinski definition) is 0. The Morgan fingerprint density at radius 2 is 1.63 bits per heavy atom. The van der Waals surface area contributed by atoms with E-state index >= 15 is 0 Å². The molecule has 2 amide bonds. The first-order valence-electron chi connectivity index (χ1n) is 6.22. The monoisotopic (exact) mass is 282 g/mol. The Kier molecular flexibility index (Phi) is 7.48. The Balaban J connectivity index is 4.57. The number of rotatable bonds is 7. The van der Waals surface area contributed by atoms with Crippen LogP contribution in [0.5, 0.6) is 0 Å². The van der Waals surface area contributed by atoms with Crippen molar-refractivity contribution in [3.63, 3.8) is 0 Å². The van der Waals surface area contributed by atoms with Gasteiger partial charge in [0.25, 0.3) is 0 Å². The zero-order chi connectivity index (χ0) is 15.1. The fraction of sp³-hybridized carbons (Fsp3) is 0.833. The van der Waals surface area contributed by atoms with Gasteiger partial charge in [-0.05, 0) is 6.42 Å². The van der Waals surface area contributed by atoms with Gasteiger partial charge in [0.1, 0.15) is 13.1 Å². The number of hydrogen-bond acceptors (Lipinski definition) is 2. The Labute approximate surface area is 111 Å². The summed E-state index contributed by atoms with van der Waals surface area (Å²) < 4.78 is 37.2. The van der Waals surface area contributed by atoms with Gasteiger partial charge >= 0.3 is 6.18 Å². The number of unbranched alkanes of at least 4 members (excludes halogenated alkanes) is 2. The Morgan fingerprint density at radius 1 is 1.05 bits per heavy atom. The highest BCUT2D eigenvalue weighted by Gasteiger charge is 2.33. The fourth-order valence-corrected chi connectivity index (χ4v) is 1.44. The first-order valence-corrected chi connectivity index (χ1v) is 6.22. The summed E-state index contributed by atoms with van der Waals surface area (Å²) in [6.45, 7) is 0.0303. The summed E-state index contributed by atoms with van der Waals surface area (Å²) in [7, 11) is 2.88. The van der Waals surface area contributed by atoms with Gasteiger partial charge in [-0.1, -0.05) is 19.8 Å². The number of nitrogens with zero attached hydrogens (tertiary/aromatic N) is 2. The van der Waals surface area contributed by atoms with Crippen molar-refractivity contribution in [2.75, 3.05) is 27.2 Å². The van der Waals surface area contributed by atoms with Crippen molar-refractivity contribution < 1.29 is 22.8 Å². The first-order chi connectivity index (χ1) is 8.67. The number of amides is 2. The van der Waals surface area contributed by atoms with E-state index in [0.717, 1.165) is 12.8 Å². The molecule has 7 heteroatoms. The lowest BCUT2D eigenvalue weighted by Crippen LogP contribution is -2.44. The Bertz CT molecular complexity index is 304. The van der Waals surface area contributed by atoms with Gasteiger partial charge < -0.3 is 9.80 Å². The second-order valence-electron chi connectivity index (χ2n) is 4.61. The number of carbonyl (C=O) groups excluding carboxylic acids is 2. The van der Waals surface area contributed by atoms with Crippen LogP contribution in [-0.2, 0) is 9.59 Å². The summed E-state index contributed by atoms with van der Waals surface area (Å²) in [6.07, 6.45) is -2.24. The SMILES string of the molecule is CCCCCC(=O)N(CC(=O)N(C)C)CC(F)(F)F. The maximum Gasteiger partial charge on any atom is 0.406 e. The standard InChI is InChI=1S/C12H21F3N2O2/c1-4-5-6-7-10(18)17(9-12(13,14)15)8-11(19)16(2)3/h4-9H2,1-3H3. The molecule has 0 heterocycles. The quantitative estimate of drug-likeness (QED) is 0.670. The molecule has 0 aliphatic carbocycles. The predicted octanol–water partition coefficient (Wildman–Crippen LogP) is 2.05. The van der Waals surface area contributed by atoms with Crippen LogP contribution in [-0.4, -0.2) is 55.0 Å². The Morgan fingerprint density at radius 3 is 2.05 bits per heavy atom. The summed E-state index contributed by atoms with van der Waals surface area (Å²) in [5.74, 6) is -1.14. The van der Waals surface area contributed by atoms with E-state index in [9.17, 15) is 22.8 Å². The van der Waals surface area contributed by atoms with Crippen molar-refractivity contribution in [3.8, 4) is 0 Å². The molecule has 0 spiro atoms. The van der Waals surface area contributed by atoms with Crippen LogP contribution in [0, 0.1) is 0 Å². The molecule has 0 fully saturated rings. The van der Waals surface area contributed by atoms with Gasteiger partial charge in [-0.15, -0.1) is 0 Å². The molecule has 0 aromatic rings. The number of likely N-dealkylation sites (N-methyl/N-ethyl adjacent to an activating group) is 1. The lowest BCUT2D eigenvalue weighted by atomic mass is 10.2. The lowest BCUT2D eigenvalue weighted by Gasteiger charge is -2.24. The van der Waals surface area contributed by atoms with Gasteiger partial charge in [-0.3, -0.25) is 9.59 Å². The third-order valence-corrected chi connectivity index (χ3v) is 2.54. The topological polar surface area (TPSA) is 40.6 Å². The van der Waals surface area contributed by atoms with Gasteiger partial charge in [-0.2, -0.15) is 13.2 Å². The minimum atomic E-state index is -4.49. The molecule has 0 radical (unpaired) electrons. The largest absolute Gasteiger partial charge is 0.406 e. The zero-order valence-corrected chi connectivity index (χ0v) is 11.6. The summed E-state index contributed by atoms with van der Waals surface area (Å²) in [4.78, 5) is 24.9. The van der Waals surface area contributed by atoms with Crippen molar-refractivity contribution >= 4 is 11.8 Å². The summed E-state index contributed by atoms with van der Waals surface area (Å²) >= 11 is 0. The second-order valence-corrected chi connectivity index (χ2v) is 4.61. The molecule has 0 aromatic carbocycles. The summed E-state index contributed by atoms with van der Waals surface area (Å²) in [5, 5.41) is 0. The highest BCUT2D eigenvalue weighted by Crippen LogP contribution is 2.17. The van der Waals surface area contributed by atoms with Crippen molar-refractivity contribution in [2.45, 2.75) is 38.8 Å². The van der Waals surface area contributed by atoms with E-state index in [2.05, 4.69) is 0 Å². The molecule has 0 N–H and O–H groups in total. The smallest absolute Gasteiger partial charge is 0.347 e. The van der Waals surface area contributed by atoms with Crippen molar-refractivity contribution in [2.24, 2.45) is 0 Å². The molecule has 4 nitrogen and oxygen atoms in total. The lowest BCUT2D eigenvalue weighted by molar-refractivity contribution is -0.164. The average Bonchev–Trinajstić information content (AvgIpc) is 2.26. The molecule has 0 saturated carbocycles. The predicted molar refractivity (Wildman–Crippen MR) is 65.5 cm³/mol. The number of alkyl halides is 3. The summed E-state index contributed by atoms with van der Waals surface area (Å²) in [6, 6.07) is 0. The molecule has 0 aliphatic rings. The maximum absolute atomic E-state index is 12.4. The first kappa shape index (κ1) is 17.7. The van der Waals surface area contributed by atoms with Gasteiger partial charge in [0.05, 0.1) is 0 Å². The molecule has 0 bridgehead atoms. The van der Waals surface area contributed by atoms with Crippen LogP contribution in [0.4, 0.5) is 13.2 Å². The van der Waals surface area contributed by atoms with Crippen molar-refractivity contribution in [3.05, 3.63) is 0 Å². The van der Waals surface area contributed by atoms with Crippen molar-refractivity contribution in [1.82, 2.24) is 9.80 Å². The van der Waals surface area contributed by atoms with E-state index in [1.54, 1.807) is 0 Å². The molecular weight excluding hydrogens is 261 g/mol. The van der Waals surface area contributed by atoms with Crippen LogP contribution in [0.15, 0.2) is 0 Å². The van der Waals surface area contributed by atoms with Crippen LogP contribution in [0.2, 0.25) is 0 Å². The van der Waals surface area contributed by atoms with E-state index in [-0.39, 0.29) is 6.42 Å². The van der Waals surface area contributed by atoms with Crippen LogP contribution in [0.25, 0.3) is 0 Å². The van der Waals surface area contributed by atoms with Gasteiger partial charge in [0, 0.05) is 20.5 Å². The van der Waals surface area contributed by atoms with E-state index in [1.165, 1.54) is 19.0 Å². The highest BCUT2D eigenvalue weighted by molar-refractivity contribution is 5.84. The molecule has 0 unspecified atom stereocenters. The molecule has 112 valence electrons. The van der Waals surface area contributed by atoms with E-state index in [4.69, 9.17) is 0 Å². The van der Waals surface area contributed by atoms with Gasteiger partial charge in [0.2, 0.25) is 11.8 Å². The van der Waals surface area contributed by atoms with Gasteiger partial charge in [0.15, 0.2) is 0 Å². The normalized spacial score (nSPS) is 11.3. The van der Waals surface area contributed by atoms with Gasteiger partial charge in [-0.25, -0.2) is 0 Å². The second kappa shape index (κ2) is 8.01. The molecular formula is C12H21F3N2O2. The molecule has 0 aliphatic heterocycles. The number of halogens is 3. The molecule has 0 saturated heterocycles. The van der Waals surface area contributed by atoms with Crippen LogP contribution in [0.1, 0.15) is 32.6 Å².